The minimum Gasteiger partial charge on any atom is -0.456 e. The van der Waals surface area contributed by atoms with Crippen molar-refractivity contribution in [3.8, 4) is 5.69 Å². The summed E-state index contributed by atoms with van der Waals surface area (Å²) in [5.74, 6) is 0.553. The highest BCUT2D eigenvalue weighted by Gasteiger charge is 2.27. The van der Waals surface area contributed by atoms with Crippen molar-refractivity contribution in [1.29, 1.82) is 0 Å². The number of hydrogen-bond acceptors (Lipinski definition) is 4. The number of para-hydroxylation sites is 4. The van der Waals surface area contributed by atoms with E-state index >= 15 is 0 Å². The maximum Gasteiger partial charge on any atom is 0.235 e. The molecular weight excluding hydrogens is 845 g/mol. The second kappa shape index (κ2) is 14.5. The lowest BCUT2D eigenvalue weighted by molar-refractivity contribution is 0.668. The maximum atomic E-state index is 6.90. The molecule has 14 aromatic rings. The molecule has 0 fully saturated rings. The van der Waals surface area contributed by atoms with Gasteiger partial charge in [-0.3, -0.25) is 4.57 Å². The minimum atomic E-state index is -0.0355. The first-order valence-corrected chi connectivity index (χ1v) is 23.7. The third-order valence-electron chi connectivity index (χ3n) is 14.5. The smallest absolute Gasteiger partial charge is 0.235 e. The van der Waals surface area contributed by atoms with E-state index in [1.807, 2.05) is 18.2 Å². The van der Waals surface area contributed by atoms with E-state index in [1.54, 1.807) is 0 Å². The Morgan fingerprint density at radius 3 is 1.83 bits per heavy atom. The molecule has 0 bridgehead atoms. The average molecular weight is 885 g/mol. The monoisotopic (exact) mass is 884 g/mol. The molecule has 10 aromatic carbocycles. The summed E-state index contributed by atoms with van der Waals surface area (Å²) in [5.41, 5.74) is 12.5. The van der Waals surface area contributed by atoms with E-state index < -0.39 is 0 Å². The van der Waals surface area contributed by atoms with Gasteiger partial charge in [-0.15, -0.1) is 0 Å². The van der Waals surface area contributed by atoms with Gasteiger partial charge in [0.15, 0.2) is 0 Å². The van der Waals surface area contributed by atoms with Crippen molar-refractivity contribution in [2.75, 3.05) is 0 Å². The van der Waals surface area contributed by atoms with E-state index in [0.29, 0.717) is 12.4 Å². The Kier molecular flexibility index (Phi) is 8.01. The van der Waals surface area contributed by atoms with Crippen LogP contribution in [0.3, 0.4) is 0 Å². The Balaban J connectivity index is 1.03. The number of aromatic nitrogens is 2. The molecule has 6 heteroatoms. The number of furan rings is 2. The summed E-state index contributed by atoms with van der Waals surface area (Å²) in [6.07, 6.45) is 2.99. The van der Waals surface area contributed by atoms with Gasteiger partial charge in [0.05, 0.1) is 39.2 Å². The van der Waals surface area contributed by atoms with Crippen LogP contribution in [0.25, 0.3) is 120 Å². The van der Waals surface area contributed by atoms with Crippen molar-refractivity contribution >= 4 is 126 Å². The number of fused-ring (bicyclic) bond motifs is 15. The summed E-state index contributed by atoms with van der Waals surface area (Å²) >= 11 is 0. The number of nitrogens with zero attached hydrogens (tertiary/aromatic N) is 4. The lowest BCUT2D eigenvalue weighted by Gasteiger charge is -2.21. The van der Waals surface area contributed by atoms with Crippen molar-refractivity contribution in [3.05, 3.63) is 217 Å². The highest BCUT2D eigenvalue weighted by Crippen LogP contribution is 2.43. The largest absolute Gasteiger partial charge is 0.456 e. The fourth-order valence-corrected chi connectivity index (χ4v) is 11.3. The quantitative estimate of drug-likeness (QED) is 0.177. The Morgan fingerprint density at radius 2 is 1.04 bits per heavy atom. The fourth-order valence-electron chi connectivity index (χ4n) is 11.3. The molecule has 0 N–H and O–H groups in total. The summed E-state index contributed by atoms with van der Waals surface area (Å²) in [7, 11) is 0. The number of benzene rings is 10. The van der Waals surface area contributed by atoms with Gasteiger partial charge >= 0.3 is 0 Å². The summed E-state index contributed by atoms with van der Waals surface area (Å²) < 4.78 is 18.0. The molecule has 1 aliphatic rings. The van der Waals surface area contributed by atoms with E-state index in [-0.39, 0.29) is 5.92 Å². The van der Waals surface area contributed by atoms with Gasteiger partial charge < -0.3 is 13.4 Å². The summed E-state index contributed by atoms with van der Waals surface area (Å²) in [5, 5.41) is 13.9. The number of aliphatic imine (C=N–C) groups is 2. The highest BCUT2D eigenvalue weighted by molar-refractivity contribution is 6.26. The number of allylic oxidation sites excluding steroid dienone is 1. The lowest BCUT2D eigenvalue weighted by Crippen LogP contribution is -2.20. The van der Waals surface area contributed by atoms with E-state index in [1.165, 1.54) is 32.3 Å². The van der Waals surface area contributed by atoms with Crippen molar-refractivity contribution < 1.29 is 8.83 Å². The zero-order chi connectivity index (χ0) is 45.3. The molecule has 0 aliphatic carbocycles. The zero-order valence-electron chi connectivity index (χ0n) is 37.5. The second-order valence-electron chi connectivity index (χ2n) is 18.5. The molecule has 69 heavy (non-hydrogen) atoms. The van der Waals surface area contributed by atoms with Crippen LogP contribution in [0.1, 0.15) is 24.5 Å². The van der Waals surface area contributed by atoms with Crippen LogP contribution in [0.15, 0.2) is 225 Å². The van der Waals surface area contributed by atoms with Crippen LogP contribution in [-0.2, 0) is 0 Å². The first kappa shape index (κ1) is 38.1. The molecule has 6 nitrogen and oxygen atoms in total. The molecule has 0 spiro atoms. The summed E-state index contributed by atoms with van der Waals surface area (Å²) in [4.78, 5) is 11.5. The second-order valence-corrected chi connectivity index (χ2v) is 18.5. The highest BCUT2D eigenvalue weighted by atomic mass is 16.3. The van der Waals surface area contributed by atoms with E-state index in [9.17, 15) is 0 Å². The first-order valence-electron chi connectivity index (χ1n) is 23.7. The van der Waals surface area contributed by atoms with E-state index in [2.05, 4.69) is 204 Å². The van der Waals surface area contributed by atoms with Crippen molar-refractivity contribution in [3.63, 3.8) is 0 Å². The normalized spacial score (nSPS) is 17.1. The van der Waals surface area contributed by atoms with Crippen LogP contribution in [-0.4, -0.2) is 20.8 Å². The van der Waals surface area contributed by atoms with Gasteiger partial charge in [0.1, 0.15) is 22.3 Å². The summed E-state index contributed by atoms with van der Waals surface area (Å²) in [6, 6.07) is 71.4. The van der Waals surface area contributed by atoms with Gasteiger partial charge in [0, 0.05) is 66.2 Å². The molecule has 5 heterocycles. The van der Waals surface area contributed by atoms with Gasteiger partial charge in [-0.25, -0.2) is 9.98 Å². The molecule has 0 saturated carbocycles. The number of hydrogen-bond donors (Lipinski definition) is 0. The molecule has 324 valence electrons. The Labute approximate surface area is 394 Å². The molecular formula is C63H40N4O2. The van der Waals surface area contributed by atoms with Gasteiger partial charge in [-0.1, -0.05) is 146 Å². The predicted octanol–water partition coefficient (Wildman–Crippen LogP) is 16.8. The number of rotatable bonds is 3. The maximum absolute atomic E-state index is 6.90. The molecule has 0 amide bonds. The topological polar surface area (TPSA) is 60.9 Å². The van der Waals surface area contributed by atoms with Crippen molar-refractivity contribution in [1.82, 2.24) is 9.13 Å². The van der Waals surface area contributed by atoms with Gasteiger partial charge in [-0.2, -0.15) is 0 Å². The molecule has 4 aromatic heterocycles. The Hall–Kier alpha value is -9.00. The molecule has 0 saturated heterocycles. The van der Waals surface area contributed by atoms with Crippen LogP contribution in [0.4, 0.5) is 0 Å². The average Bonchev–Trinajstić information content (AvgIpc) is 4.14. The molecule has 1 atom stereocenters. The standard InChI is InChI=1S/C63H40N4O2/c1-37-26-30-51(41-27-29-47-46-20-8-12-24-56(46)68-58(47)34-41)64-63(67-52-22-10-6-18-44(52)45-19-7-11-23-53(45)67)65-62(37)50-35-42(36-59-61(50)48-21-9-13-25-57(48)69-59)66-54-31-28-38-14-4-5-17-43(38)60(54)49-32-39-15-2-3-16-40(39)33-55(49)66/h2-25,27-37H,26H2,1H3/b51-30+,64-63+,65-62+. The first-order chi connectivity index (χ1) is 34.1. The van der Waals surface area contributed by atoms with Crippen LogP contribution in [0, 0.1) is 5.92 Å². The van der Waals surface area contributed by atoms with Crippen LogP contribution < -0.4 is 0 Å². The Morgan fingerprint density at radius 1 is 0.420 bits per heavy atom. The fraction of sp³-hybridized carbons (Fsp3) is 0.0476. The van der Waals surface area contributed by atoms with Crippen molar-refractivity contribution in [2.24, 2.45) is 15.9 Å². The molecule has 15 rings (SSSR count). The third-order valence-corrected chi connectivity index (χ3v) is 14.5. The van der Waals surface area contributed by atoms with Crippen LogP contribution >= 0.6 is 0 Å². The SMILES string of the molecule is CC1C/C=C(c2ccc3c(c2)oc2ccccc23)/N=C(n2c3ccccc3c3ccccc32)\N=C/1c1cc(-n2c3cc4ccccc4cc3c3c4ccccc4ccc32)cc2oc3ccccc3c12. The lowest BCUT2D eigenvalue weighted by atomic mass is 9.90. The Bertz CT molecular complexity index is 4560. The molecule has 0 radical (unpaired) electrons. The molecule has 1 unspecified atom stereocenters. The van der Waals surface area contributed by atoms with Crippen LogP contribution in [0.2, 0.25) is 0 Å². The van der Waals surface area contributed by atoms with Gasteiger partial charge in [0.25, 0.3) is 0 Å². The molecule has 1 aliphatic heterocycles. The third kappa shape index (κ3) is 5.66. The van der Waals surface area contributed by atoms with E-state index in [0.717, 1.165) is 105 Å². The minimum absolute atomic E-state index is 0.0355. The van der Waals surface area contributed by atoms with E-state index in [4.69, 9.17) is 18.8 Å². The zero-order valence-corrected chi connectivity index (χ0v) is 37.5. The van der Waals surface area contributed by atoms with Gasteiger partial charge in [-0.05, 0) is 88.6 Å². The summed E-state index contributed by atoms with van der Waals surface area (Å²) in [6.45, 7) is 2.30. The predicted molar refractivity (Wildman–Crippen MR) is 287 cm³/mol. The van der Waals surface area contributed by atoms with Crippen LogP contribution in [0.5, 0.6) is 0 Å². The van der Waals surface area contributed by atoms with Gasteiger partial charge in [0.2, 0.25) is 5.96 Å². The van der Waals surface area contributed by atoms with Crippen molar-refractivity contribution in [2.45, 2.75) is 13.3 Å².